The number of anilines is 2. The molecule has 0 heterocycles. The molecule has 0 saturated carbocycles. The summed E-state index contributed by atoms with van der Waals surface area (Å²) in [4.78, 5) is 2.17. The van der Waals surface area contributed by atoms with Crippen molar-refractivity contribution in [3.05, 3.63) is 23.2 Å². The first-order chi connectivity index (χ1) is 6.95. The summed E-state index contributed by atoms with van der Waals surface area (Å²) in [5.74, 6) is 0.577. The van der Waals surface area contributed by atoms with Gasteiger partial charge >= 0.3 is 0 Å². The molecule has 0 radical (unpaired) electrons. The maximum absolute atomic E-state index is 5.99. The second-order valence-electron chi connectivity index (χ2n) is 4.27. The van der Waals surface area contributed by atoms with Crippen molar-refractivity contribution in [1.29, 1.82) is 0 Å². The predicted octanol–water partition coefficient (Wildman–Crippen LogP) is 3.40. The Morgan fingerprint density at radius 2 is 1.87 bits per heavy atom. The van der Waals surface area contributed by atoms with Crippen LogP contribution in [0.2, 0.25) is 5.02 Å². The van der Waals surface area contributed by atoms with Crippen molar-refractivity contribution in [2.45, 2.75) is 26.8 Å². The Hall–Kier alpha value is -0.890. The highest BCUT2D eigenvalue weighted by atomic mass is 35.5. The van der Waals surface area contributed by atoms with Gasteiger partial charge in [0, 0.05) is 13.1 Å². The topological polar surface area (TPSA) is 29.3 Å². The van der Waals surface area contributed by atoms with Gasteiger partial charge < -0.3 is 10.6 Å². The lowest BCUT2D eigenvalue weighted by atomic mass is 10.0. The molecule has 0 spiro atoms. The van der Waals surface area contributed by atoms with Gasteiger partial charge in [0.25, 0.3) is 0 Å². The van der Waals surface area contributed by atoms with Crippen LogP contribution in [0.15, 0.2) is 18.2 Å². The van der Waals surface area contributed by atoms with Gasteiger partial charge in [-0.25, -0.2) is 0 Å². The number of nitrogen functional groups attached to an aromatic ring is 1. The molecule has 0 fully saturated rings. The van der Waals surface area contributed by atoms with Crippen LogP contribution in [0.1, 0.15) is 20.8 Å². The molecule has 1 unspecified atom stereocenters. The van der Waals surface area contributed by atoms with E-state index in [4.69, 9.17) is 17.3 Å². The van der Waals surface area contributed by atoms with Gasteiger partial charge in [0.2, 0.25) is 0 Å². The van der Waals surface area contributed by atoms with Crippen molar-refractivity contribution < 1.29 is 0 Å². The quantitative estimate of drug-likeness (QED) is 0.801. The van der Waals surface area contributed by atoms with E-state index in [-0.39, 0.29) is 0 Å². The highest BCUT2D eigenvalue weighted by Crippen LogP contribution is 2.31. The maximum Gasteiger partial charge on any atom is 0.0741 e. The molecular weight excluding hydrogens is 208 g/mol. The number of para-hydroxylation sites is 1. The second kappa shape index (κ2) is 4.75. The van der Waals surface area contributed by atoms with E-state index in [9.17, 15) is 0 Å². The fraction of sp³-hybridized carbons (Fsp3) is 0.500. The standard InChI is InChI=1S/C12H19ClN2/c1-8(2)9(3)15(4)11-7-5-6-10(13)12(11)14/h5-9H,14H2,1-4H3. The van der Waals surface area contributed by atoms with Gasteiger partial charge in [-0.15, -0.1) is 0 Å². The van der Waals surface area contributed by atoms with Gasteiger partial charge in [-0.05, 0) is 25.0 Å². The molecule has 2 nitrogen and oxygen atoms in total. The SMILES string of the molecule is CC(C)C(C)N(C)c1cccc(Cl)c1N. The van der Waals surface area contributed by atoms with Gasteiger partial charge in [-0.1, -0.05) is 31.5 Å². The molecule has 3 heteroatoms. The van der Waals surface area contributed by atoms with Crippen LogP contribution in [0.3, 0.4) is 0 Å². The maximum atomic E-state index is 5.99. The minimum Gasteiger partial charge on any atom is -0.396 e. The fourth-order valence-corrected chi connectivity index (χ4v) is 1.67. The first kappa shape index (κ1) is 12.2. The Morgan fingerprint density at radius 1 is 1.27 bits per heavy atom. The number of nitrogens with zero attached hydrogens (tertiary/aromatic N) is 1. The van der Waals surface area contributed by atoms with E-state index in [0.29, 0.717) is 22.7 Å². The Kier molecular flexibility index (Phi) is 3.86. The molecule has 0 saturated heterocycles. The molecule has 1 rings (SSSR count). The van der Waals surface area contributed by atoms with E-state index in [1.54, 1.807) is 0 Å². The van der Waals surface area contributed by atoms with Crippen LogP contribution in [0.25, 0.3) is 0 Å². The summed E-state index contributed by atoms with van der Waals surface area (Å²) in [6.45, 7) is 6.58. The zero-order chi connectivity index (χ0) is 11.6. The normalized spacial score (nSPS) is 12.9. The lowest BCUT2D eigenvalue weighted by molar-refractivity contribution is 0.506. The fourth-order valence-electron chi connectivity index (χ4n) is 1.50. The van der Waals surface area contributed by atoms with Gasteiger partial charge in [-0.3, -0.25) is 0 Å². The Labute approximate surface area is 97.0 Å². The third kappa shape index (κ3) is 2.57. The van der Waals surface area contributed by atoms with E-state index >= 15 is 0 Å². The molecule has 0 aliphatic rings. The molecule has 1 aromatic carbocycles. The lowest BCUT2D eigenvalue weighted by Gasteiger charge is -2.31. The van der Waals surface area contributed by atoms with Gasteiger partial charge in [0.1, 0.15) is 0 Å². The largest absolute Gasteiger partial charge is 0.396 e. The van der Waals surface area contributed by atoms with E-state index < -0.39 is 0 Å². The highest BCUT2D eigenvalue weighted by molar-refractivity contribution is 6.33. The minimum absolute atomic E-state index is 0.436. The van der Waals surface area contributed by atoms with E-state index in [0.717, 1.165) is 5.69 Å². The number of rotatable bonds is 3. The number of halogens is 1. The second-order valence-corrected chi connectivity index (χ2v) is 4.68. The molecule has 0 aliphatic heterocycles. The molecule has 0 bridgehead atoms. The zero-order valence-corrected chi connectivity index (χ0v) is 10.5. The van der Waals surface area contributed by atoms with Crippen molar-refractivity contribution in [1.82, 2.24) is 0 Å². The summed E-state index contributed by atoms with van der Waals surface area (Å²) >= 11 is 5.99. The minimum atomic E-state index is 0.436. The van der Waals surface area contributed by atoms with Crippen LogP contribution in [0.5, 0.6) is 0 Å². The van der Waals surface area contributed by atoms with Crippen molar-refractivity contribution in [2.75, 3.05) is 17.7 Å². The summed E-state index contributed by atoms with van der Waals surface area (Å²) in [5, 5.41) is 0.621. The number of hydrogen-bond donors (Lipinski definition) is 1. The molecule has 0 aromatic heterocycles. The zero-order valence-electron chi connectivity index (χ0n) is 9.79. The van der Waals surface area contributed by atoms with Crippen LogP contribution < -0.4 is 10.6 Å². The van der Waals surface area contributed by atoms with Crippen molar-refractivity contribution in [2.24, 2.45) is 5.92 Å². The Balaban J connectivity index is 3.01. The van der Waals surface area contributed by atoms with Crippen molar-refractivity contribution >= 4 is 23.0 Å². The molecule has 2 N–H and O–H groups in total. The van der Waals surface area contributed by atoms with Gasteiger partial charge in [0.05, 0.1) is 16.4 Å². The summed E-state index contributed by atoms with van der Waals surface area (Å²) in [7, 11) is 2.05. The molecular formula is C12H19ClN2. The molecule has 0 amide bonds. The molecule has 0 aliphatic carbocycles. The Bertz CT molecular complexity index is 336. The summed E-state index contributed by atoms with van der Waals surface area (Å²) in [6.07, 6.45) is 0. The molecule has 84 valence electrons. The van der Waals surface area contributed by atoms with Gasteiger partial charge in [-0.2, -0.15) is 0 Å². The van der Waals surface area contributed by atoms with E-state index in [1.807, 2.05) is 25.2 Å². The predicted molar refractivity (Wildman–Crippen MR) is 68.6 cm³/mol. The third-order valence-corrected chi connectivity index (χ3v) is 3.32. The number of hydrogen-bond acceptors (Lipinski definition) is 2. The monoisotopic (exact) mass is 226 g/mol. The summed E-state index contributed by atoms with van der Waals surface area (Å²) in [6, 6.07) is 6.18. The van der Waals surface area contributed by atoms with Crippen LogP contribution >= 0.6 is 11.6 Å². The average Bonchev–Trinajstić information content (AvgIpc) is 2.20. The van der Waals surface area contributed by atoms with E-state index in [2.05, 4.69) is 25.7 Å². The van der Waals surface area contributed by atoms with Crippen LogP contribution in [0.4, 0.5) is 11.4 Å². The summed E-state index contributed by atoms with van der Waals surface area (Å²) in [5.41, 5.74) is 7.61. The van der Waals surface area contributed by atoms with Crippen LogP contribution in [-0.2, 0) is 0 Å². The van der Waals surface area contributed by atoms with E-state index in [1.165, 1.54) is 0 Å². The highest BCUT2D eigenvalue weighted by Gasteiger charge is 2.16. The van der Waals surface area contributed by atoms with Crippen molar-refractivity contribution in [3.8, 4) is 0 Å². The number of nitrogens with two attached hydrogens (primary N) is 1. The summed E-state index contributed by atoms with van der Waals surface area (Å²) < 4.78 is 0. The Morgan fingerprint density at radius 3 is 2.40 bits per heavy atom. The molecule has 15 heavy (non-hydrogen) atoms. The number of benzene rings is 1. The molecule has 1 aromatic rings. The first-order valence-corrected chi connectivity index (χ1v) is 5.59. The smallest absolute Gasteiger partial charge is 0.0741 e. The van der Waals surface area contributed by atoms with Crippen LogP contribution in [-0.4, -0.2) is 13.1 Å². The lowest BCUT2D eigenvalue weighted by Crippen LogP contribution is -2.33. The molecule has 1 atom stereocenters. The first-order valence-electron chi connectivity index (χ1n) is 5.22. The average molecular weight is 227 g/mol. The van der Waals surface area contributed by atoms with Gasteiger partial charge in [0.15, 0.2) is 0 Å². The van der Waals surface area contributed by atoms with Crippen molar-refractivity contribution in [3.63, 3.8) is 0 Å². The third-order valence-electron chi connectivity index (χ3n) is 2.99. The van der Waals surface area contributed by atoms with Crippen LogP contribution in [0, 0.1) is 5.92 Å².